The van der Waals surface area contributed by atoms with Crippen LogP contribution in [0.2, 0.25) is 0 Å². The molecule has 3 rings (SSSR count). The van der Waals surface area contributed by atoms with Gasteiger partial charge >= 0.3 is 0 Å². The maximum absolute atomic E-state index is 12.9. The number of nitrogens with one attached hydrogen (secondary N) is 2. The van der Waals surface area contributed by atoms with Crippen molar-refractivity contribution in [1.29, 1.82) is 0 Å². The van der Waals surface area contributed by atoms with Gasteiger partial charge in [0.05, 0.1) is 25.4 Å². The van der Waals surface area contributed by atoms with Crippen LogP contribution in [0.4, 0.5) is 5.69 Å². The summed E-state index contributed by atoms with van der Waals surface area (Å²) in [5.74, 6) is 0.743. The molecule has 0 radical (unpaired) electrons. The van der Waals surface area contributed by atoms with Gasteiger partial charge < -0.3 is 24.7 Å². The minimum absolute atomic E-state index is 0.0321. The average molecular weight is 399 g/mol. The summed E-state index contributed by atoms with van der Waals surface area (Å²) in [4.78, 5) is 30.3. The average Bonchev–Trinajstić information content (AvgIpc) is 3.01. The normalized spacial score (nSPS) is 14.0. The molecule has 0 unspecified atom stereocenters. The van der Waals surface area contributed by atoms with Gasteiger partial charge in [0.15, 0.2) is 0 Å². The van der Waals surface area contributed by atoms with Crippen LogP contribution in [0.5, 0.6) is 5.75 Å². The standard InChI is InChI=1S/C22H29N3O4/c1-4-29-18-7-5-17(6-8-18)24-20(26)10-9-19-15(2)21(16(3)23-19)22(27)25-11-13-28-14-12-25/h5-8,23H,4,9-14H2,1-3H3,(H,24,26). The number of hydrogen-bond donors (Lipinski definition) is 2. The van der Waals surface area contributed by atoms with Crippen LogP contribution >= 0.6 is 0 Å². The second-order valence-corrected chi connectivity index (χ2v) is 7.14. The summed E-state index contributed by atoms with van der Waals surface area (Å²) in [5.41, 5.74) is 4.16. The number of carbonyl (C=O) groups excluding carboxylic acids is 2. The highest BCUT2D eigenvalue weighted by atomic mass is 16.5. The van der Waals surface area contributed by atoms with Crippen molar-refractivity contribution in [2.45, 2.75) is 33.6 Å². The molecule has 0 atom stereocenters. The maximum atomic E-state index is 12.9. The van der Waals surface area contributed by atoms with E-state index in [-0.39, 0.29) is 11.8 Å². The molecule has 0 aliphatic carbocycles. The Kier molecular flexibility index (Phi) is 6.93. The van der Waals surface area contributed by atoms with Crippen LogP contribution in [0.3, 0.4) is 0 Å². The molecule has 1 saturated heterocycles. The van der Waals surface area contributed by atoms with Gasteiger partial charge in [-0.15, -0.1) is 0 Å². The molecule has 0 saturated carbocycles. The molecule has 1 fully saturated rings. The number of anilines is 1. The predicted molar refractivity (Wildman–Crippen MR) is 112 cm³/mol. The SMILES string of the molecule is CCOc1ccc(NC(=O)CCc2[nH]c(C)c(C(=O)N3CCOCC3)c2C)cc1. The Morgan fingerprint density at radius 3 is 2.52 bits per heavy atom. The second-order valence-electron chi connectivity index (χ2n) is 7.14. The summed E-state index contributed by atoms with van der Waals surface area (Å²) in [6.07, 6.45) is 0.880. The highest BCUT2D eigenvalue weighted by molar-refractivity contribution is 5.97. The summed E-state index contributed by atoms with van der Waals surface area (Å²) in [6, 6.07) is 7.32. The summed E-state index contributed by atoms with van der Waals surface area (Å²) in [7, 11) is 0. The summed E-state index contributed by atoms with van der Waals surface area (Å²) < 4.78 is 10.7. The molecule has 2 amide bonds. The van der Waals surface area contributed by atoms with Crippen LogP contribution in [0.1, 0.15) is 40.7 Å². The van der Waals surface area contributed by atoms with Crippen molar-refractivity contribution in [3.05, 3.63) is 46.8 Å². The summed E-state index contributed by atoms with van der Waals surface area (Å²) >= 11 is 0. The van der Waals surface area contributed by atoms with Gasteiger partial charge in [0.1, 0.15) is 5.75 Å². The molecular weight excluding hydrogens is 370 g/mol. The number of hydrogen-bond acceptors (Lipinski definition) is 4. The first-order valence-corrected chi connectivity index (χ1v) is 10.1. The second kappa shape index (κ2) is 9.60. The van der Waals surface area contributed by atoms with Gasteiger partial charge in [-0.3, -0.25) is 9.59 Å². The van der Waals surface area contributed by atoms with Gasteiger partial charge in [-0.05, 0) is 57.0 Å². The first-order valence-electron chi connectivity index (χ1n) is 10.1. The van der Waals surface area contributed by atoms with Crippen molar-refractivity contribution in [2.24, 2.45) is 0 Å². The highest BCUT2D eigenvalue weighted by Crippen LogP contribution is 2.22. The third-order valence-electron chi connectivity index (χ3n) is 5.10. The number of aromatic nitrogens is 1. The van der Waals surface area contributed by atoms with E-state index in [1.807, 2.05) is 49.9 Å². The molecule has 2 heterocycles. The van der Waals surface area contributed by atoms with Gasteiger partial charge in [0.2, 0.25) is 5.91 Å². The van der Waals surface area contributed by atoms with Crippen LogP contribution in [0.15, 0.2) is 24.3 Å². The number of aromatic amines is 1. The molecule has 7 heteroatoms. The summed E-state index contributed by atoms with van der Waals surface area (Å²) in [5, 5.41) is 2.90. The van der Waals surface area contributed by atoms with Crippen LogP contribution in [0, 0.1) is 13.8 Å². The Bertz CT molecular complexity index is 852. The van der Waals surface area contributed by atoms with Crippen LogP contribution in [-0.2, 0) is 16.0 Å². The molecule has 2 aromatic rings. The summed E-state index contributed by atoms with van der Waals surface area (Å²) in [6.45, 7) is 8.77. The molecule has 1 aliphatic rings. The lowest BCUT2D eigenvalue weighted by Crippen LogP contribution is -2.41. The van der Waals surface area contributed by atoms with E-state index in [0.717, 1.165) is 28.4 Å². The fraction of sp³-hybridized carbons (Fsp3) is 0.455. The molecule has 29 heavy (non-hydrogen) atoms. The van der Waals surface area contributed by atoms with Crippen molar-refractivity contribution in [1.82, 2.24) is 9.88 Å². The van der Waals surface area contributed by atoms with Crippen LogP contribution in [-0.4, -0.2) is 54.6 Å². The molecule has 1 aromatic carbocycles. The van der Waals surface area contributed by atoms with Gasteiger partial charge in [-0.1, -0.05) is 0 Å². The third kappa shape index (κ3) is 5.17. The number of ether oxygens (including phenoxy) is 2. The molecule has 156 valence electrons. The number of H-pyrrole nitrogens is 1. The Hall–Kier alpha value is -2.80. The van der Waals surface area contributed by atoms with Crippen molar-refractivity contribution in [3.63, 3.8) is 0 Å². The van der Waals surface area contributed by atoms with Crippen molar-refractivity contribution >= 4 is 17.5 Å². The van der Waals surface area contributed by atoms with Gasteiger partial charge in [-0.2, -0.15) is 0 Å². The molecule has 2 N–H and O–H groups in total. The van der Waals surface area contributed by atoms with E-state index in [1.165, 1.54) is 0 Å². The quantitative estimate of drug-likeness (QED) is 0.749. The molecule has 1 aliphatic heterocycles. The Labute approximate surface area is 171 Å². The lowest BCUT2D eigenvalue weighted by Gasteiger charge is -2.27. The van der Waals surface area contributed by atoms with Crippen LogP contribution in [0.25, 0.3) is 0 Å². The predicted octanol–water partition coefficient (Wildman–Crippen LogP) is 3.07. The Balaban J connectivity index is 1.59. The number of morpholine rings is 1. The minimum Gasteiger partial charge on any atom is -0.494 e. The number of amides is 2. The first-order chi connectivity index (χ1) is 14.0. The fourth-order valence-electron chi connectivity index (χ4n) is 3.57. The van der Waals surface area contributed by atoms with Crippen molar-refractivity contribution in [3.8, 4) is 5.75 Å². The van der Waals surface area contributed by atoms with Gasteiger partial charge in [0.25, 0.3) is 5.91 Å². The lowest BCUT2D eigenvalue weighted by molar-refractivity contribution is -0.116. The zero-order valence-electron chi connectivity index (χ0n) is 17.3. The molecule has 0 spiro atoms. The van der Waals surface area contributed by atoms with E-state index in [0.29, 0.717) is 51.3 Å². The van der Waals surface area contributed by atoms with Crippen LogP contribution < -0.4 is 10.1 Å². The maximum Gasteiger partial charge on any atom is 0.256 e. The van der Waals surface area contributed by atoms with E-state index in [4.69, 9.17) is 9.47 Å². The van der Waals surface area contributed by atoms with Gasteiger partial charge in [-0.25, -0.2) is 0 Å². The molecule has 1 aromatic heterocycles. The van der Waals surface area contributed by atoms with E-state index in [2.05, 4.69) is 10.3 Å². The van der Waals surface area contributed by atoms with Gasteiger partial charge in [0, 0.05) is 36.6 Å². The monoisotopic (exact) mass is 399 g/mol. The van der Waals surface area contributed by atoms with E-state index in [9.17, 15) is 9.59 Å². The Morgan fingerprint density at radius 2 is 1.86 bits per heavy atom. The van der Waals surface area contributed by atoms with E-state index < -0.39 is 0 Å². The van der Waals surface area contributed by atoms with Crippen molar-refractivity contribution in [2.75, 3.05) is 38.2 Å². The number of rotatable bonds is 7. The molecule has 0 bridgehead atoms. The molecule has 7 nitrogen and oxygen atoms in total. The zero-order valence-corrected chi connectivity index (χ0v) is 17.3. The lowest BCUT2D eigenvalue weighted by atomic mass is 10.1. The topological polar surface area (TPSA) is 83.7 Å². The number of benzene rings is 1. The first kappa shape index (κ1) is 20.9. The van der Waals surface area contributed by atoms with E-state index >= 15 is 0 Å². The fourth-order valence-corrected chi connectivity index (χ4v) is 3.57. The molecular formula is C22H29N3O4. The number of nitrogens with zero attached hydrogens (tertiary/aromatic N) is 1. The minimum atomic E-state index is -0.0677. The van der Waals surface area contributed by atoms with E-state index in [1.54, 1.807) is 0 Å². The Morgan fingerprint density at radius 1 is 1.17 bits per heavy atom. The number of carbonyl (C=O) groups is 2. The zero-order chi connectivity index (χ0) is 20.8. The third-order valence-corrected chi connectivity index (χ3v) is 5.10. The van der Waals surface area contributed by atoms with Crippen molar-refractivity contribution < 1.29 is 19.1 Å². The highest BCUT2D eigenvalue weighted by Gasteiger charge is 2.24. The smallest absolute Gasteiger partial charge is 0.256 e. The number of aryl methyl sites for hydroxylation is 2. The largest absolute Gasteiger partial charge is 0.494 e.